The van der Waals surface area contributed by atoms with Crippen LogP contribution in [-0.4, -0.2) is 11.1 Å². The molecule has 0 aliphatic heterocycles. The normalized spacial score (nSPS) is 13.2. The zero-order valence-corrected chi connectivity index (χ0v) is 20.8. The fourth-order valence-electron chi connectivity index (χ4n) is 4.43. The molecule has 0 aromatic heterocycles. The van der Waals surface area contributed by atoms with Crippen LogP contribution >= 0.6 is 20.8 Å². The van der Waals surface area contributed by atoms with Crippen molar-refractivity contribution >= 4 is 48.5 Å². The number of rotatable bonds is 7. The predicted octanol–water partition coefficient (Wildman–Crippen LogP) is 6.84. The van der Waals surface area contributed by atoms with Gasteiger partial charge < -0.3 is 0 Å². The maximum atomic E-state index is 11.0. The Morgan fingerprint density at radius 3 is 1.52 bits per heavy atom. The van der Waals surface area contributed by atoms with Gasteiger partial charge in [0.1, 0.15) is 0 Å². The number of allylic oxidation sites excluding steroid dienone is 1. The third kappa shape index (κ3) is 4.42. The Balaban J connectivity index is 1.92. The summed E-state index contributed by atoms with van der Waals surface area (Å²) < 4.78 is 0. The molecule has 3 nitrogen and oxygen atoms in total. The summed E-state index contributed by atoms with van der Waals surface area (Å²) in [4.78, 5) is 10.7. The summed E-state index contributed by atoms with van der Waals surface area (Å²) in [6.45, 7) is 2.14. The first-order valence-electron chi connectivity index (χ1n) is 10.7. The minimum absolute atomic E-state index is 0.0998. The van der Waals surface area contributed by atoms with Crippen molar-refractivity contribution in [2.24, 2.45) is 0 Å². The van der Waals surface area contributed by atoms with Crippen LogP contribution in [0.1, 0.15) is 12.5 Å². The number of hydrogen-bond acceptors (Lipinski definition) is 2. The van der Waals surface area contributed by atoms with E-state index in [1.165, 1.54) is 21.5 Å². The van der Waals surface area contributed by atoms with Gasteiger partial charge in [0.15, 0.2) is 0 Å². The first kappa shape index (κ1) is 23.1. The zero-order chi connectivity index (χ0) is 23.3. The second kappa shape index (κ2) is 9.43. The number of nitro groups is 1. The van der Waals surface area contributed by atoms with E-state index < -0.39 is 5.31 Å². The van der Waals surface area contributed by atoms with Gasteiger partial charge in [-0.15, -0.1) is 0 Å². The number of halogens is 1. The quantitative estimate of drug-likeness (QED) is 0.153. The summed E-state index contributed by atoms with van der Waals surface area (Å²) in [6.07, 6.45) is 2.92. The van der Waals surface area contributed by atoms with Gasteiger partial charge in [-0.05, 0) is 0 Å². The van der Waals surface area contributed by atoms with Crippen molar-refractivity contribution in [2.45, 2.75) is 6.92 Å². The molecule has 0 radical (unpaired) electrons. The molecular weight excluding hydrogens is 493 g/mol. The molecule has 4 rings (SSSR count). The van der Waals surface area contributed by atoms with Crippen LogP contribution in [0.3, 0.4) is 0 Å². The maximum absolute atomic E-state index is 11.0. The number of nitrogens with zero attached hydrogens (tertiary/aromatic N) is 1. The Hall–Kier alpha value is -3.07. The third-order valence-electron chi connectivity index (χ3n) is 5.95. The molecule has 0 aliphatic rings. The Morgan fingerprint density at radius 2 is 1.15 bits per heavy atom. The topological polar surface area (TPSA) is 43.1 Å². The van der Waals surface area contributed by atoms with Gasteiger partial charge in [-0.25, -0.2) is 0 Å². The summed E-state index contributed by atoms with van der Waals surface area (Å²) in [5.74, 6) is 0. The van der Waals surface area contributed by atoms with Crippen LogP contribution in [0.5, 0.6) is 0 Å². The number of benzene rings is 4. The van der Waals surface area contributed by atoms with Crippen LogP contribution in [0.25, 0.3) is 6.08 Å². The van der Waals surface area contributed by atoms with Crippen LogP contribution < -0.4 is 15.9 Å². The van der Waals surface area contributed by atoms with E-state index >= 15 is 0 Å². The molecular formula is C28H25BrNO2P. The molecule has 0 saturated heterocycles. The van der Waals surface area contributed by atoms with Crippen LogP contribution in [0.2, 0.25) is 0 Å². The fourth-order valence-corrected chi connectivity index (χ4v) is 12.6. The Kier molecular flexibility index (Phi) is 6.60. The van der Waals surface area contributed by atoms with Crippen molar-refractivity contribution < 1.29 is 4.92 Å². The molecule has 0 unspecified atom stereocenters. The van der Waals surface area contributed by atoms with E-state index in [-0.39, 0.29) is 10.6 Å². The molecule has 0 aliphatic carbocycles. The second-order valence-electron chi connectivity index (χ2n) is 8.19. The predicted molar refractivity (Wildman–Crippen MR) is 146 cm³/mol. The Morgan fingerprint density at radius 1 is 0.758 bits per heavy atom. The van der Waals surface area contributed by atoms with Gasteiger partial charge in [0, 0.05) is 0 Å². The molecule has 0 saturated carbocycles. The standard InChI is InChI=1S/C28H25BrNO2P/c1-23(21-24-17-19-25(20-18-24)30(31)32)22-33(29,26-11-5-2-6-12-26,27-13-7-3-8-14-27)28-15-9-4-10-16-28/h2-21H,22H2,1H3. The van der Waals surface area contributed by atoms with E-state index in [1.807, 2.05) is 18.2 Å². The van der Waals surface area contributed by atoms with E-state index in [0.717, 1.165) is 11.7 Å². The molecule has 0 atom stereocenters. The van der Waals surface area contributed by atoms with Crippen molar-refractivity contribution in [3.63, 3.8) is 0 Å². The average molecular weight is 518 g/mol. The molecule has 4 aromatic rings. The molecule has 0 amide bonds. The number of nitro benzene ring substituents is 1. The second-order valence-corrected chi connectivity index (χ2v) is 17.1. The summed E-state index contributed by atoms with van der Waals surface area (Å²) in [5, 5.41) is 11.8. The van der Waals surface area contributed by atoms with Gasteiger partial charge in [-0.3, -0.25) is 0 Å². The molecule has 166 valence electrons. The van der Waals surface area contributed by atoms with Gasteiger partial charge in [-0.1, -0.05) is 0 Å². The van der Waals surface area contributed by atoms with E-state index in [1.54, 1.807) is 24.3 Å². The molecule has 0 spiro atoms. The van der Waals surface area contributed by atoms with E-state index in [2.05, 4.69) is 101 Å². The Labute approximate surface area is 202 Å². The first-order chi connectivity index (χ1) is 15.9. The fraction of sp³-hybridized carbons (Fsp3) is 0.0714. The van der Waals surface area contributed by atoms with Gasteiger partial charge in [0.25, 0.3) is 0 Å². The molecule has 5 heteroatoms. The van der Waals surface area contributed by atoms with Crippen LogP contribution in [-0.2, 0) is 0 Å². The van der Waals surface area contributed by atoms with Crippen LogP contribution in [0.15, 0.2) is 121 Å². The van der Waals surface area contributed by atoms with Crippen LogP contribution in [0, 0.1) is 10.1 Å². The monoisotopic (exact) mass is 517 g/mol. The molecule has 0 N–H and O–H groups in total. The van der Waals surface area contributed by atoms with Crippen LogP contribution in [0.4, 0.5) is 5.69 Å². The van der Waals surface area contributed by atoms with Crippen molar-refractivity contribution in [3.8, 4) is 0 Å². The zero-order valence-electron chi connectivity index (χ0n) is 18.3. The molecule has 0 fully saturated rings. The van der Waals surface area contributed by atoms with Crippen molar-refractivity contribution in [1.82, 2.24) is 0 Å². The average Bonchev–Trinajstić information content (AvgIpc) is 2.86. The van der Waals surface area contributed by atoms with Gasteiger partial charge in [0.05, 0.1) is 0 Å². The molecule has 0 heterocycles. The van der Waals surface area contributed by atoms with E-state index in [9.17, 15) is 10.1 Å². The summed E-state index contributed by atoms with van der Waals surface area (Å²) in [5.41, 5.74) is 2.24. The SMILES string of the molecule is CC(=Cc1ccc([N+](=O)[O-])cc1)CP(Br)(c1ccccc1)(c1ccccc1)c1ccccc1. The van der Waals surface area contributed by atoms with Gasteiger partial charge in [-0.2, -0.15) is 0 Å². The van der Waals surface area contributed by atoms with Gasteiger partial charge in [0.2, 0.25) is 0 Å². The van der Waals surface area contributed by atoms with Crippen molar-refractivity contribution in [1.29, 1.82) is 0 Å². The van der Waals surface area contributed by atoms with Gasteiger partial charge >= 0.3 is 203 Å². The molecule has 0 bridgehead atoms. The van der Waals surface area contributed by atoms with Crippen molar-refractivity contribution in [2.75, 3.05) is 6.16 Å². The summed E-state index contributed by atoms with van der Waals surface area (Å²) in [7, 11) is 0. The van der Waals surface area contributed by atoms with Crippen molar-refractivity contribution in [3.05, 3.63) is 137 Å². The third-order valence-corrected chi connectivity index (χ3v) is 15.6. The Bertz CT molecular complexity index is 1170. The van der Waals surface area contributed by atoms with E-state index in [4.69, 9.17) is 0 Å². The number of non-ortho nitro benzene ring substituents is 1. The summed E-state index contributed by atoms with van der Waals surface area (Å²) >= 11 is 4.46. The number of hydrogen-bond donors (Lipinski definition) is 0. The molecule has 33 heavy (non-hydrogen) atoms. The first-order valence-corrected chi connectivity index (χ1v) is 15.2. The van der Waals surface area contributed by atoms with E-state index in [0.29, 0.717) is 0 Å². The minimum atomic E-state index is -3.05. The summed E-state index contributed by atoms with van der Waals surface area (Å²) in [6, 6.07) is 38.7. The molecule has 4 aromatic carbocycles.